The van der Waals surface area contributed by atoms with E-state index in [1.165, 1.54) is 0 Å². The van der Waals surface area contributed by atoms with Crippen LogP contribution >= 0.6 is 23.2 Å². The van der Waals surface area contributed by atoms with Gasteiger partial charge in [0.1, 0.15) is 24.1 Å². The van der Waals surface area contributed by atoms with Gasteiger partial charge in [0.2, 0.25) is 5.91 Å². The zero-order valence-electron chi connectivity index (χ0n) is 19.3. The number of carbonyl (C=O) groups excluding carboxylic acids is 2. The average molecular weight is 544 g/mol. The normalized spacial score (nSPS) is 21.5. The molecule has 194 valence electrons. The number of hydrogen-bond acceptors (Lipinski definition) is 6. The fourth-order valence-electron chi connectivity index (χ4n) is 4.95. The van der Waals surface area contributed by atoms with Crippen LogP contribution in [0.2, 0.25) is 10.0 Å². The van der Waals surface area contributed by atoms with Crippen molar-refractivity contribution in [1.29, 1.82) is 0 Å². The van der Waals surface area contributed by atoms with Gasteiger partial charge in [-0.05, 0) is 43.6 Å². The number of aromatic nitrogens is 2. The molecule has 36 heavy (non-hydrogen) atoms. The Labute approximate surface area is 217 Å². The van der Waals surface area contributed by atoms with Crippen LogP contribution in [-0.2, 0) is 15.8 Å². The van der Waals surface area contributed by atoms with Gasteiger partial charge < -0.3 is 15.0 Å². The van der Waals surface area contributed by atoms with E-state index in [2.05, 4.69) is 15.3 Å². The smallest absolute Gasteiger partial charge is 0.370 e. The second kappa shape index (κ2) is 11.3. The van der Waals surface area contributed by atoms with Gasteiger partial charge in [0.15, 0.2) is 0 Å². The molecule has 2 unspecified atom stereocenters. The van der Waals surface area contributed by atoms with Crippen molar-refractivity contribution in [1.82, 2.24) is 19.8 Å². The highest BCUT2D eigenvalue weighted by Crippen LogP contribution is 2.37. The predicted octanol–water partition coefficient (Wildman–Crippen LogP) is 4.37. The Morgan fingerprint density at radius 2 is 1.86 bits per heavy atom. The number of halogens is 5. The first-order valence-corrected chi connectivity index (χ1v) is 12.4. The lowest BCUT2D eigenvalue weighted by molar-refractivity contribution is -0.141. The topological polar surface area (TPSA) is 78.4 Å². The Morgan fingerprint density at radius 1 is 1.11 bits per heavy atom. The minimum atomic E-state index is -4.57. The van der Waals surface area contributed by atoms with Gasteiger partial charge >= 0.3 is 6.18 Å². The van der Waals surface area contributed by atoms with Gasteiger partial charge in [0.05, 0.1) is 16.6 Å². The van der Waals surface area contributed by atoms with Crippen molar-refractivity contribution in [3.05, 3.63) is 51.9 Å². The molecule has 2 fully saturated rings. The van der Waals surface area contributed by atoms with Gasteiger partial charge in [-0.25, -0.2) is 9.97 Å². The molecule has 0 saturated carbocycles. The minimum Gasteiger partial charge on any atom is -0.370 e. The Bertz CT molecular complexity index is 1100. The summed E-state index contributed by atoms with van der Waals surface area (Å²) in [5.41, 5.74) is -0.115. The number of hydrogen-bond donors (Lipinski definition) is 1. The molecule has 1 aromatic heterocycles. The largest absolute Gasteiger partial charge is 0.433 e. The number of nitrogens with zero attached hydrogens (tertiary/aromatic N) is 4. The Kier molecular flexibility index (Phi) is 8.37. The number of amides is 1. The maximum absolute atomic E-state index is 13.4. The third-order valence-electron chi connectivity index (χ3n) is 6.90. The second-order valence-corrected chi connectivity index (χ2v) is 10.0. The molecule has 1 amide bonds. The van der Waals surface area contributed by atoms with E-state index in [0.717, 1.165) is 24.2 Å². The monoisotopic (exact) mass is 543 g/mol. The standard InChI is InChI=1S/C24H26Cl2F3N5O2/c25-19-2-1-16(9-20(19)26)18-13-34(23(36)15-3-5-33(6-4-15)7-8-35)12-17(18)11-30-22-10-21(24(27,28)29)31-14-32-22/h1-2,8-10,14-15,17-18H,3-7,11-13H2,(H,30,31,32). The van der Waals surface area contributed by atoms with Crippen LogP contribution in [0.4, 0.5) is 19.0 Å². The van der Waals surface area contributed by atoms with Crippen LogP contribution in [0.3, 0.4) is 0 Å². The number of carbonyl (C=O) groups is 2. The second-order valence-electron chi connectivity index (χ2n) is 9.19. The number of alkyl halides is 3. The van der Waals surface area contributed by atoms with Crippen molar-refractivity contribution >= 4 is 41.2 Å². The van der Waals surface area contributed by atoms with Crippen molar-refractivity contribution in [2.45, 2.75) is 24.9 Å². The summed E-state index contributed by atoms with van der Waals surface area (Å²) in [6, 6.07) is 6.22. The van der Waals surface area contributed by atoms with Crippen LogP contribution in [0.25, 0.3) is 0 Å². The molecule has 0 aliphatic carbocycles. The highest BCUT2D eigenvalue weighted by atomic mass is 35.5. The molecule has 0 radical (unpaired) electrons. The van der Waals surface area contributed by atoms with Gasteiger partial charge in [0, 0.05) is 43.5 Å². The molecule has 4 rings (SSSR count). The molecule has 12 heteroatoms. The SMILES string of the molecule is O=CCN1CCC(C(=O)N2CC(CNc3cc(C(F)(F)F)ncn3)C(c3ccc(Cl)c(Cl)c3)C2)CC1. The summed E-state index contributed by atoms with van der Waals surface area (Å²) in [6.07, 6.45) is -1.45. The van der Waals surface area contributed by atoms with Crippen molar-refractivity contribution in [3.63, 3.8) is 0 Å². The third-order valence-corrected chi connectivity index (χ3v) is 7.64. The minimum absolute atomic E-state index is 0.0645. The number of piperidine rings is 1. The molecule has 2 atom stereocenters. The van der Waals surface area contributed by atoms with E-state index < -0.39 is 11.9 Å². The van der Waals surface area contributed by atoms with E-state index in [-0.39, 0.29) is 29.5 Å². The predicted molar refractivity (Wildman–Crippen MR) is 130 cm³/mol. The number of likely N-dealkylation sites (tertiary alicyclic amines) is 2. The van der Waals surface area contributed by atoms with Gasteiger partial charge in [-0.3, -0.25) is 9.69 Å². The molecular formula is C24H26Cl2F3N5O2. The highest BCUT2D eigenvalue weighted by Gasteiger charge is 2.39. The van der Waals surface area contributed by atoms with Gasteiger partial charge in [-0.15, -0.1) is 0 Å². The summed E-state index contributed by atoms with van der Waals surface area (Å²) >= 11 is 12.3. The maximum Gasteiger partial charge on any atom is 0.433 e. The first kappa shape index (κ1) is 26.6. The van der Waals surface area contributed by atoms with Crippen molar-refractivity contribution in [2.75, 3.05) is 44.6 Å². The van der Waals surface area contributed by atoms with Crippen LogP contribution in [0.15, 0.2) is 30.6 Å². The fraction of sp³-hybridized carbons (Fsp3) is 0.500. The summed E-state index contributed by atoms with van der Waals surface area (Å²) < 4.78 is 39.1. The quantitative estimate of drug-likeness (QED) is 0.522. The molecule has 2 saturated heterocycles. The lowest BCUT2D eigenvalue weighted by Gasteiger charge is -2.32. The fourth-order valence-corrected chi connectivity index (χ4v) is 5.26. The third kappa shape index (κ3) is 6.27. The number of anilines is 1. The number of benzene rings is 1. The molecule has 2 aliphatic rings. The average Bonchev–Trinajstić information content (AvgIpc) is 3.28. The van der Waals surface area contributed by atoms with Crippen LogP contribution in [0.1, 0.15) is 30.0 Å². The van der Waals surface area contributed by atoms with Crippen molar-refractivity contribution < 1.29 is 22.8 Å². The van der Waals surface area contributed by atoms with Crippen LogP contribution in [0.5, 0.6) is 0 Å². The molecule has 2 aliphatic heterocycles. The van der Waals surface area contributed by atoms with Crippen LogP contribution in [0, 0.1) is 11.8 Å². The van der Waals surface area contributed by atoms with Gasteiger partial charge in [-0.1, -0.05) is 29.3 Å². The zero-order chi connectivity index (χ0) is 25.9. The summed E-state index contributed by atoms with van der Waals surface area (Å²) in [5, 5.41) is 3.82. The summed E-state index contributed by atoms with van der Waals surface area (Å²) in [7, 11) is 0. The molecule has 0 bridgehead atoms. The van der Waals surface area contributed by atoms with Crippen LogP contribution < -0.4 is 5.32 Å². The van der Waals surface area contributed by atoms with E-state index in [1.807, 2.05) is 15.9 Å². The first-order chi connectivity index (χ1) is 17.2. The van der Waals surface area contributed by atoms with Crippen molar-refractivity contribution in [2.24, 2.45) is 11.8 Å². The number of aldehydes is 1. The lowest BCUT2D eigenvalue weighted by atomic mass is 9.89. The first-order valence-electron chi connectivity index (χ1n) is 11.7. The summed E-state index contributed by atoms with van der Waals surface area (Å²) in [6.45, 7) is 2.98. The molecule has 0 spiro atoms. The molecule has 1 aromatic carbocycles. The molecule has 1 N–H and O–H groups in total. The van der Waals surface area contributed by atoms with E-state index >= 15 is 0 Å². The maximum atomic E-state index is 13.4. The summed E-state index contributed by atoms with van der Waals surface area (Å²) in [5.74, 6) is -0.168. The lowest BCUT2D eigenvalue weighted by Crippen LogP contribution is -2.42. The molecular weight excluding hydrogens is 518 g/mol. The number of nitrogens with one attached hydrogen (secondary N) is 1. The van der Waals surface area contributed by atoms with E-state index in [1.54, 1.807) is 12.1 Å². The Morgan fingerprint density at radius 3 is 2.53 bits per heavy atom. The van der Waals surface area contributed by atoms with Crippen molar-refractivity contribution in [3.8, 4) is 0 Å². The highest BCUT2D eigenvalue weighted by molar-refractivity contribution is 6.42. The molecule has 3 heterocycles. The van der Waals surface area contributed by atoms with E-state index in [4.69, 9.17) is 23.2 Å². The van der Waals surface area contributed by atoms with Gasteiger partial charge in [0.25, 0.3) is 0 Å². The Balaban J connectivity index is 1.48. The van der Waals surface area contributed by atoms with E-state index in [9.17, 15) is 22.8 Å². The van der Waals surface area contributed by atoms with Gasteiger partial charge in [-0.2, -0.15) is 13.2 Å². The zero-order valence-corrected chi connectivity index (χ0v) is 20.9. The van der Waals surface area contributed by atoms with Crippen LogP contribution in [-0.4, -0.2) is 71.2 Å². The number of rotatable bonds is 7. The Hall–Kier alpha value is -2.43. The van der Waals surface area contributed by atoms with E-state index in [0.29, 0.717) is 62.2 Å². The summed E-state index contributed by atoms with van der Waals surface area (Å²) in [4.78, 5) is 35.2. The molecule has 2 aromatic rings. The molecule has 7 nitrogen and oxygen atoms in total.